The lowest BCUT2D eigenvalue weighted by atomic mass is 10.1. The van der Waals surface area contributed by atoms with Crippen LogP contribution in [0.1, 0.15) is 25.5 Å². The number of aromatic nitrogens is 2. The van der Waals surface area contributed by atoms with Gasteiger partial charge < -0.3 is 19.9 Å². The SMILES string of the molecule is COc1ccc2c(ccn2CC(=O)Nc2nc(-c3ccc(C(C)NC(C)=O)cc3)cs2)c1. The molecule has 0 fully saturated rings. The second-order valence-corrected chi connectivity index (χ2v) is 8.36. The molecule has 0 aliphatic rings. The maximum Gasteiger partial charge on any atom is 0.246 e. The van der Waals surface area contributed by atoms with Crippen molar-refractivity contribution >= 4 is 39.2 Å². The van der Waals surface area contributed by atoms with E-state index in [1.54, 1.807) is 7.11 Å². The van der Waals surface area contributed by atoms with Crippen LogP contribution < -0.4 is 15.4 Å². The van der Waals surface area contributed by atoms with Gasteiger partial charge in [-0.1, -0.05) is 24.3 Å². The van der Waals surface area contributed by atoms with Crippen LogP contribution in [0.25, 0.3) is 22.2 Å². The highest BCUT2D eigenvalue weighted by Gasteiger charge is 2.12. The number of hydrogen-bond acceptors (Lipinski definition) is 5. The van der Waals surface area contributed by atoms with Gasteiger partial charge in [-0.3, -0.25) is 9.59 Å². The Morgan fingerprint density at radius 2 is 1.94 bits per heavy atom. The molecule has 0 radical (unpaired) electrons. The van der Waals surface area contributed by atoms with Gasteiger partial charge in [-0.15, -0.1) is 11.3 Å². The van der Waals surface area contributed by atoms with E-state index >= 15 is 0 Å². The fourth-order valence-electron chi connectivity index (χ4n) is 3.55. The number of carbonyl (C=O) groups excluding carboxylic acids is 2. The molecule has 7 nitrogen and oxygen atoms in total. The van der Waals surface area contributed by atoms with Crippen LogP contribution in [-0.2, 0) is 16.1 Å². The molecule has 0 saturated carbocycles. The van der Waals surface area contributed by atoms with Crippen molar-refractivity contribution in [3.05, 3.63) is 65.7 Å². The maximum absolute atomic E-state index is 12.6. The minimum atomic E-state index is -0.140. The molecule has 0 aliphatic carbocycles. The Labute approximate surface area is 190 Å². The van der Waals surface area contributed by atoms with Gasteiger partial charge in [0.05, 0.1) is 18.8 Å². The predicted molar refractivity (Wildman–Crippen MR) is 127 cm³/mol. The van der Waals surface area contributed by atoms with Crippen LogP contribution in [0, 0.1) is 0 Å². The average molecular weight is 449 g/mol. The summed E-state index contributed by atoms with van der Waals surface area (Å²) in [7, 11) is 1.63. The van der Waals surface area contributed by atoms with E-state index in [-0.39, 0.29) is 24.4 Å². The lowest BCUT2D eigenvalue weighted by Gasteiger charge is -2.13. The Hall–Kier alpha value is -3.65. The molecule has 164 valence electrons. The molecule has 2 aromatic carbocycles. The molecule has 0 aliphatic heterocycles. The molecule has 0 saturated heterocycles. The molecule has 2 N–H and O–H groups in total. The number of carbonyl (C=O) groups is 2. The number of hydrogen-bond donors (Lipinski definition) is 2. The van der Waals surface area contributed by atoms with Crippen molar-refractivity contribution in [1.29, 1.82) is 0 Å². The highest BCUT2D eigenvalue weighted by Crippen LogP contribution is 2.27. The van der Waals surface area contributed by atoms with E-state index in [2.05, 4.69) is 15.6 Å². The topological polar surface area (TPSA) is 85.2 Å². The van der Waals surface area contributed by atoms with Crippen LogP contribution in [-0.4, -0.2) is 28.5 Å². The van der Waals surface area contributed by atoms with Crippen molar-refractivity contribution in [1.82, 2.24) is 14.9 Å². The number of ether oxygens (including phenoxy) is 1. The molecule has 1 unspecified atom stereocenters. The second kappa shape index (κ2) is 9.23. The van der Waals surface area contributed by atoms with Crippen LogP contribution in [0.15, 0.2) is 60.1 Å². The highest BCUT2D eigenvalue weighted by atomic mass is 32.1. The summed E-state index contributed by atoms with van der Waals surface area (Å²) < 4.78 is 7.15. The lowest BCUT2D eigenvalue weighted by molar-refractivity contribution is -0.119. The van der Waals surface area contributed by atoms with E-state index in [1.165, 1.54) is 18.3 Å². The van der Waals surface area contributed by atoms with Gasteiger partial charge in [-0.25, -0.2) is 4.98 Å². The summed E-state index contributed by atoms with van der Waals surface area (Å²) in [5.41, 5.74) is 3.73. The van der Waals surface area contributed by atoms with E-state index < -0.39 is 0 Å². The molecule has 8 heteroatoms. The first kappa shape index (κ1) is 21.6. The number of nitrogens with zero attached hydrogens (tertiary/aromatic N) is 2. The summed E-state index contributed by atoms with van der Waals surface area (Å²) in [5.74, 6) is 0.584. The molecule has 0 bridgehead atoms. The maximum atomic E-state index is 12.6. The van der Waals surface area contributed by atoms with Gasteiger partial charge in [-0.05, 0) is 36.8 Å². The van der Waals surface area contributed by atoms with Crippen LogP contribution >= 0.6 is 11.3 Å². The van der Waals surface area contributed by atoms with Crippen LogP contribution in [0.5, 0.6) is 5.75 Å². The highest BCUT2D eigenvalue weighted by molar-refractivity contribution is 7.14. The smallest absolute Gasteiger partial charge is 0.246 e. The number of thiazole rings is 1. The zero-order valence-electron chi connectivity index (χ0n) is 18.1. The Balaban J connectivity index is 1.41. The van der Waals surface area contributed by atoms with Crippen molar-refractivity contribution in [2.45, 2.75) is 26.4 Å². The molecular formula is C24H24N4O3S. The van der Waals surface area contributed by atoms with Gasteiger partial charge in [-0.2, -0.15) is 0 Å². The van der Waals surface area contributed by atoms with Crippen molar-refractivity contribution in [3.63, 3.8) is 0 Å². The molecule has 2 heterocycles. The number of anilines is 1. The molecule has 2 amide bonds. The third kappa shape index (κ3) is 4.81. The van der Waals surface area contributed by atoms with Crippen LogP contribution in [0.3, 0.4) is 0 Å². The molecule has 32 heavy (non-hydrogen) atoms. The zero-order chi connectivity index (χ0) is 22.7. The number of methoxy groups -OCH3 is 1. The summed E-state index contributed by atoms with van der Waals surface area (Å²) in [6.45, 7) is 3.64. The van der Waals surface area contributed by atoms with Crippen molar-refractivity contribution in [2.24, 2.45) is 0 Å². The number of amides is 2. The van der Waals surface area contributed by atoms with Gasteiger partial charge in [0.1, 0.15) is 12.3 Å². The van der Waals surface area contributed by atoms with Crippen LogP contribution in [0.4, 0.5) is 5.13 Å². The normalized spacial score (nSPS) is 11.8. The monoisotopic (exact) mass is 448 g/mol. The Bertz CT molecular complexity index is 1260. The predicted octanol–water partition coefficient (Wildman–Crippen LogP) is 4.61. The Morgan fingerprint density at radius 1 is 1.16 bits per heavy atom. The molecule has 0 spiro atoms. The van der Waals surface area contributed by atoms with Crippen molar-refractivity contribution in [2.75, 3.05) is 12.4 Å². The minimum absolute atomic E-state index is 0.0577. The Morgan fingerprint density at radius 3 is 2.66 bits per heavy atom. The summed E-state index contributed by atoms with van der Waals surface area (Å²) in [5, 5.41) is 9.24. The van der Waals surface area contributed by atoms with Gasteiger partial charge >= 0.3 is 0 Å². The summed E-state index contributed by atoms with van der Waals surface area (Å²) in [6, 6.07) is 15.5. The van der Waals surface area contributed by atoms with E-state index in [1.807, 2.05) is 71.6 Å². The standard InChI is InChI=1S/C24H24N4O3S/c1-15(25-16(2)29)17-4-6-18(7-5-17)21-14-32-24(26-21)27-23(30)13-28-11-10-19-12-20(31-3)8-9-22(19)28/h4-12,14-15H,13H2,1-3H3,(H,25,29)(H,26,27,30). The first-order valence-electron chi connectivity index (χ1n) is 10.2. The van der Waals surface area contributed by atoms with E-state index in [0.29, 0.717) is 5.13 Å². The first-order valence-corrected chi connectivity index (χ1v) is 11.1. The van der Waals surface area contributed by atoms with E-state index in [0.717, 1.165) is 33.5 Å². The van der Waals surface area contributed by atoms with Crippen molar-refractivity contribution < 1.29 is 14.3 Å². The third-order valence-electron chi connectivity index (χ3n) is 5.17. The molecule has 4 aromatic rings. The molecular weight excluding hydrogens is 424 g/mol. The number of fused-ring (bicyclic) bond motifs is 1. The van der Waals surface area contributed by atoms with E-state index in [4.69, 9.17) is 4.74 Å². The molecule has 4 rings (SSSR count). The fourth-order valence-corrected chi connectivity index (χ4v) is 4.29. The van der Waals surface area contributed by atoms with Crippen molar-refractivity contribution in [3.8, 4) is 17.0 Å². The second-order valence-electron chi connectivity index (χ2n) is 7.50. The fraction of sp³-hybridized carbons (Fsp3) is 0.208. The molecule has 1 atom stereocenters. The summed E-state index contributed by atoms with van der Waals surface area (Å²) >= 11 is 1.39. The van der Waals surface area contributed by atoms with Crippen LogP contribution in [0.2, 0.25) is 0 Å². The minimum Gasteiger partial charge on any atom is -0.497 e. The largest absolute Gasteiger partial charge is 0.497 e. The number of rotatable bonds is 7. The van der Waals surface area contributed by atoms with Gasteiger partial charge in [0.15, 0.2) is 5.13 Å². The van der Waals surface area contributed by atoms with Gasteiger partial charge in [0.25, 0.3) is 0 Å². The average Bonchev–Trinajstić information content (AvgIpc) is 3.40. The number of benzene rings is 2. The lowest BCUT2D eigenvalue weighted by Crippen LogP contribution is -2.23. The Kier molecular flexibility index (Phi) is 6.23. The summed E-state index contributed by atoms with van der Waals surface area (Å²) in [4.78, 5) is 28.4. The quantitative estimate of drug-likeness (QED) is 0.432. The zero-order valence-corrected chi connectivity index (χ0v) is 18.9. The van der Waals surface area contributed by atoms with E-state index in [9.17, 15) is 9.59 Å². The first-order chi connectivity index (χ1) is 15.4. The van der Waals surface area contributed by atoms with Gasteiger partial charge in [0.2, 0.25) is 11.8 Å². The summed E-state index contributed by atoms with van der Waals surface area (Å²) in [6.07, 6.45) is 1.89. The van der Waals surface area contributed by atoms with Gasteiger partial charge in [0, 0.05) is 35.0 Å². The molecule has 2 aromatic heterocycles. The number of nitrogens with one attached hydrogen (secondary N) is 2. The third-order valence-corrected chi connectivity index (χ3v) is 5.93.